The van der Waals surface area contributed by atoms with Crippen LogP contribution in [0.3, 0.4) is 0 Å². The lowest BCUT2D eigenvalue weighted by Gasteiger charge is -2.50. The molecule has 0 heterocycles. The summed E-state index contributed by atoms with van der Waals surface area (Å²) in [4.78, 5) is 12.4. The molecule has 208 valence electrons. The van der Waals surface area contributed by atoms with Gasteiger partial charge in [0, 0.05) is 17.3 Å². The number of aliphatic hydroxyl groups excluding tert-OH is 1. The normalized spacial score (nSPS) is 28.5. The van der Waals surface area contributed by atoms with Crippen molar-refractivity contribution >= 4 is 11.7 Å². The van der Waals surface area contributed by atoms with Crippen molar-refractivity contribution in [3.05, 3.63) is 95.6 Å². The predicted molar refractivity (Wildman–Crippen MR) is 154 cm³/mol. The number of carbonyl (C=O) groups excluding carboxylic acids is 1. The van der Waals surface area contributed by atoms with Gasteiger partial charge in [0.15, 0.2) is 0 Å². The van der Waals surface area contributed by atoms with E-state index >= 15 is 0 Å². The number of ether oxygens (including phenoxy) is 2. The van der Waals surface area contributed by atoms with Crippen molar-refractivity contribution in [2.45, 2.75) is 57.1 Å². The summed E-state index contributed by atoms with van der Waals surface area (Å²) in [6, 6.07) is 19.9. The Morgan fingerprint density at radius 3 is 2.58 bits per heavy atom. The van der Waals surface area contributed by atoms with Crippen molar-refractivity contribution in [3.63, 3.8) is 0 Å². The molecule has 0 bridgehead atoms. The Morgan fingerprint density at radius 1 is 1.05 bits per heavy atom. The third-order valence-electron chi connectivity index (χ3n) is 9.81. The van der Waals surface area contributed by atoms with Crippen LogP contribution in [-0.4, -0.2) is 35.4 Å². The van der Waals surface area contributed by atoms with Crippen molar-refractivity contribution in [2.75, 3.05) is 7.11 Å². The van der Waals surface area contributed by atoms with Gasteiger partial charge in [0.25, 0.3) is 0 Å². The zero-order valence-corrected chi connectivity index (χ0v) is 23.1. The van der Waals surface area contributed by atoms with Gasteiger partial charge in [0.05, 0.1) is 24.8 Å². The van der Waals surface area contributed by atoms with E-state index in [1.165, 1.54) is 17.2 Å². The van der Waals surface area contributed by atoms with Crippen LogP contribution in [-0.2, 0) is 6.42 Å². The summed E-state index contributed by atoms with van der Waals surface area (Å²) in [7, 11) is 1.72. The third kappa shape index (κ3) is 4.54. The molecule has 0 spiro atoms. The highest BCUT2D eigenvalue weighted by atomic mass is 16.5. The number of esters is 1. The summed E-state index contributed by atoms with van der Waals surface area (Å²) in [5, 5.41) is 25.8. The molecule has 0 saturated heterocycles. The highest BCUT2D eigenvalue weighted by Gasteiger charge is 2.58. The average Bonchev–Trinajstić information content (AvgIpc) is 3.22. The largest absolute Gasteiger partial charge is 0.507 e. The van der Waals surface area contributed by atoms with Crippen molar-refractivity contribution in [3.8, 4) is 17.2 Å². The molecule has 0 radical (unpaired) electrons. The fourth-order valence-electron chi connectivity index (χ4n) is 7.72. The smallest absolute Gasteiger partial charge is 0.343 e. The minimum absolute atomic E-state index is 0.0358. The van der Waals surface area contributed by atoms with Crippen molar-refractivity contribution in [1.29, 1.82) is 0 Å². The molecular weight excluding hydrogens is 502 g/mol. The topological polar surface area (TPSA) is 88.0 Å². The molecule has 0 aromatic heterocycles. The van der Waals surface area contributed by atoms with Gasteiger partial charge in [0.2, 0.25) is 0 Å². The first kappa shape index (κ1) is 26.5. The Morgan fingerprint density at radius 2 is 1.82 bits per heavy atom. The van der Waals surface area contributed by atoms with Crippen LogP contribution in [0.2, 0.25) is 0 Å². The molecule has 6 rings (SSSR count). The van der Waals surface area contributed by atoms with Gasteiger partial charge in [-0.15, -0.1) is 0 Å². The Hall–Kier alpha value is -3.77. The number of carbonyl (C=O) groups is 1. The van der Waals surface area contributed by atoms with E-state index in [-0.39, 0.29) is 23.0 Å². The SMILES string of the molecule is C=C(N[C@@H]1CC2C3CCc4cc(OC)ccc4C3CC[C@]2(C)[C@H]1O)c1ccc(OC(=O)c2ccccc2)cc1O. The standard InChI is InChI=1S/C34H37NO5/c1-20(25-13-11-24(18-31(25)36)40-33(38)21-7-5-4-6-8-21)35-30-19-29-28-12-9-22-17-23(39-3)10-14-26(22)27(28)15-16-34(29,2)32(30)37/h4-8,10-11,13-14,17-18,27-30,32,35-37H,1,9,12,15-16,19H2,2-3H3/t27?,28?,29?,30-,32+,34+/m1/s1. The van der Waals surface area contributed by atoms with Crippen LogP contribution in [0, 0.1) is 17.3 Å². The molecule has 6 atom stereocenters. The number of nitrogens with one attached hydrogen (secondary N) is 1. The van der Waals surface area contributed by atoms with E-state index in [9.17, 15) is 15.0 Å². The summed E-state index contributed by atoms with van der Waals surface area (Å²) in [6.07, 6.45) is 4.55. The predicted octanol–water partition coefficient (Wildman–Crippen LogP) is 6.08. The molecule has 6 nitrogen and oxygen atoms in total. The van der Waals surface area contributed by atoms with Crippen LogP contribution in [0.15, 0.2) is 73.3 Å². The first-order valence-corrected chi connectivity index (χ1v) is 14.2. The number of phenolic OH excluding ortho intramolecular Hbond substituents is 1. The van der Waals surface area contributed by atoms with E-state index in [4.69, 9.17) is 9.47 Å². The quantitative estimate of drug-likeness (QED) is 0.260. The van der Waals surface area contributed by atoms with Gasteiger partial charge in [-0.3, -0.25) is 0 Å². The number of rotatable bonds is 6. The molecule has 3 N–H and O–H groups in total. The molecule has 3 aliphatic rings. The molecule has 3 unspecified atom stereocenters. The van der Waals surface area contributed by atoms with Crippen LogP contribution in [0.5, 0.6) is 17.2 Å². The maximum absolute atomic E-state index is 12.4. The van der Waals surface area contributed by atoms with Gasteiger partial charge in [-0.25, -0.2) is 4.79 Å². The molecule has 0 aliphatic heterocycles. The van der Waals surface area contributed by atoms with Crippen LogP contribution in [0.4, 0.5) is 0 Å². The van der Waals surface area contributed by atoms with E-state index in [1.807, 2.05) is 6.07 Å². The van der Waals surface area contributed by atoms with Crippen molar-refractivity contribution in [2.24, 2.45) is 17.3 Å². The van der Waals surface area contributed by atoms with Crippen molar-refractivity contribution in [1.82, 2.24) is 5.32 Å². The number of benzene rings is 3. The molecule has 3 aliphatic carbocycles. The maximum Gasteiger partial charge on any atom is 0.343 e. The zero-order valence-electron chi connectivity index (χ0n) is 23.1. The van der Waals surface area contributed by atoms with E-state index in [2.05, 4.69) is 37.0 Å². The third-order valence-corrected chi connectivity index (χ3v) is 9.81. The summed E-state index contributed by atoms with van der Waals surface area (Å²) in [6.45, 7) is 6.44. The van der Waals surface area contributed by atoms with Gasteiger partial charge < -0.3 is 25.0 Å². The van der Waals surface area contributed by atoms with Gasteiger partial charge in [-0.05, 0) is 103 Å². The fraction of sp³-hybridized carbons (Fsp3) is 0.382. The number of methoxy groups -OCH3 is 1. The lowest BCUT2D eigenvalue weighted by atomic mass is 9.55. The van der Waals surface area contributed by atoms with Crippen molar-refractivity contribution < 1.29 is 24.5 Å². The number of aromatic hydroxyl groups is 1. The second-order valence-electron chi connectivity index (χ2n) is 11.9. The molecule has 3 aromatic rings. The highest BCUT2D eigenvalue weighted by molar-refractivity contribution is 5.91. The first-order valence-electron chi connectivity index (χ1n) is 14.2. The van der Waals surface area contributed by atoms with Crippen LogP contribution < -0.4 is 14.8 Å². The summed E-state index contributed by atoms with van der Waals surface area (Å²) in [5.74, 6) is 2.09. The Bertz CT molecular complexity index is 1440. The molecule has 2 saturated carbocycles. The second-order valence-corrected chi connectivity index (χ2v) is 11.9. The van der Waals surface area contributed by atoms with E-state index < -0.39 is 12.1 Å². The van der Waals surface area contributed by atoms with Crippen LogP contribution >= 0.6 is 0 Å². The number of hydrogen-bond donors (Lipinski definition) is 3. The summed E-state index contributed by atoms with van der Waals surface area (Å²) in [5.41, 5.74) is 4.19. The lowest BCUT2D eigenvalue weighted by molar-refractivity contribution is -0.0269. The van der Waals surface area contributed by atoms with Gasteiger partial charge in [-0.2, -0.15) is 0 Å². The number of hydrogen-bond acceptors (Lipinski definition) is 6. The minimum atomic E-state index is -0.513. The number of aryl methyl sites for hydroxylation is 1. The highest BCUT2D eigenvalue weighted by Crippen LogP contribution is 2.61. The number of aliphatic hydroxyl groups is 1. The molecule has 0 amide bonds. The number of phenols is 1. The number of fused-ring (bicyclic) bond motifs is 5. The Labute approximate surface area is 235 Å². The summed E-state index contributed by atoms with van der Waals surface area (Å²) < 4.78 is 10.9. The van der Waals surface area contributed by atoms with Gasteiger partial charge in [0.1, 0.15) is 17.2 Å². The lowest BCUT2D eigenvalue weighted by Crippen LogP contribution is -2.46. The average molecular weight is 540 g/mol. The van der Waals surface area contributed by atoms with E-state index in [1.54, 1.807) is 43.5 Å². The maximum atomic E-state index is 12.4. The molecule has 3 aromatic carbocycles. The zero-order chi connectivity index (χ0) is 28.0. The van der Waals surface area contributed by atoms with Gasteiger partial charge in [-0.1, -0.05) is 37.8 Å². The monoisotopic (exact) mass is 539 g/mol. The molecule has 2 fully saturated rings. The summed E-state index contributed by atoms with van der Waals surface area (Å²) >= 11 is 0. The fourth-order valence-corrected chi connectivity index (χ4v) is 7.72. The Balaban J connectivity index is 1.15. The van der Waals surface area contributed by atoms with E-state index in [0.29, 0.717) is 34.6 Å². The second kappa shape index (κ2) is 10.3. The molecular formula is C34H37NO5. The van der Waals surface area contributed by atoms with Gasteiger partial charge >= 0.3 is 5.97 Å². The molecule has 40 heavy (non-hydrogen) atoms. The van der Waals surface area contributed by atoms with Crippen LogP contribution in [0.25, 0.3) is 5.70 Å². The molecule has 6 heteroatoms. The van der Waals surface area contributed by atoms with E-state index in [0.717, 1.165) is 37.9 Å². The Kier molecular flexibility index (Phi) is 6.83. The van der Waals surface area contributed by atoms with Crippen LogP contribution in [0.1, 0.15) is 65.6 Å². The minimum Gasteiger partial charge on any atom is -0.507 e. The first-order chi connectivity index (χ1) is 19.3.